The summed E-state index contributed by atoms with van der Waals surface area (Å²) in [6.07, 6.45) is 1.47. The Balaban J connectivity index is 1.80. The van der Waals surface area contributed by atoms with Crippen molar-refractivity contribution in [1.29, 1.82) is 0 Å². The summed E-state index contributed by atoms with van der Waals surface area (Å²) in [6, 6.07) is 11.5. The van der Waals surface area contributed by atoms with Gasteiger partial charge in [-0.1, -0.05) is 35.4 Å². The van der Waals surface area contributed by atoms with E-state index in [9.17, 15) is 9.59 Å². The van der Waals surface area contributed by atoms with Gasteiger partial charge in [0.25, 0.3) is 11.8 Å². The second-order valence-corrected chi connectivity index (χ2v) is 6.90. The molecule has 0 bridgehead atoms. The van der Waals surface area contributed by atoms with Gasteiger partial charge in [-0.2, -0.15) is 0 Å². The molecule has 0 spiro atoms. The highest BCUT2D eigenvalue weighted by molar-refractivity contribution is 7.80. The van der Waals surface area contributed by atoms with E-state index in [-0.39, 0.29) is 10.7 Å². The molecule has 0 atom stereocenters. The number of thiocarbonyl (C=S) groups is 1. The second-order valence-electron chi connectivity index (χ2n) is 6.49. The summed E-state index contributed by atoms with van der Waals surface area (Å²) in [6.45, 7) is 4.49. The first-order valence-electron chi connectivity index (χ1n) is 8.62. The van der Waals surface area contributed by atoms with Crippen LogP contribution >= 0.6 is 12.2 Å². The maximum atomic E-state index is 12.0. The van der Waals surface area contributed by atoms with Gasteiger partial charge in [-0.3, -0.25) is 20.2 Å². The molecule has 0 aromatic heterocycles. The van der Waals surface area contributed by atoms with Gasteiger partial charge in [-0.15, -0.1) is 0 Å². The minimum atomic E-state index is -0.539. The smallest absolute Gasteiger partial charge is 0.263 e. The Morgan fingerprint density at radius 3 is 2.21 bits per heavy atom. The lowest BCUT2D eigenvalue weighted by Gasteiger charge is -2.16. The van der Waals surface area contributed by atoms with Crippen molar-refractivity contribution >= 4 is 35.2 Å². The fourth-order valence-corrected chi connectivity index (χ4v) is 3.17. The lowest BCUT2D eigenvalue weighted by molar-refractivity contribution is -0.123. The third-order valence-electron chi connectivity index (χ3n) is 4.12. The predicted octanol–water partition coefficient (Wildman–Crippen LogP) is 2.81. The van der Waals surface area contributed by atoms with Gasteiger partial charge in [0.15, 0.2) is 16.6 Å². The number of carbonyl (C=O) groups is 2. The van der Waals surface area contributed by atoms with Crippen LogP contribution in [0.1, 0.15) is 22.3 Å². The molecule has 1 heterocycles. The Bertz CT molecular complexity index is 956. The molecule has 0 aliphatic carbocycles. The van der Waals surface area contributed by atoms with E-state index < -0.39 is 11.8 Å². The number of ether oxygens (including phenoxy) is 2. The third kappa shape index (κ3) is 4.55. The molecule has 2 aromatic carbocycles. The van der Waals surface area contributed by atoms with Crippen molar-refractivity contribution in [3.63, 3.8) is 0 Å². The van der Waals surface area contributed by atoms with Crippen LogP contribution in [0, 0.1) is 13.8 Å². The number of nitrogens with one attached hydrogen (secondary N) is 2. The lowest BCUT2D eigenvalue weighted by Crippen LogP contribution is -2.51. The van der Waals surface area contributed by atoms with Gasteiger partial charge in [-0.05, 0) is 55.4 Å². The molecule has 2 aromatic rings. The quantitative estimate of drug-likeness (QED) is 0.462. The molecule has 1 fully saturated rings. The molecule has 2 amide bonds. The molecule has 1 saturated heterocycles. The average molecular weight is 396 g/mol. The molecule has 1 aliphatic heterocycles. The first kappa shape index (κ1) is 19.6. The van der Waals surface area contributed by atoms with Crippen molar-refractivity contribution < 1.29 is 19.1 Å². The fourth-order valence-electron chi connectivity index (χ4n) is 2.98. The van der Waals surface area contributed by atoms with Crippen molar-refractivity contribution in [2.24, 2.45) is 0 Å². The van der Waals surface area contributed by atoms with Crippen LogP contribution in [0.2, 0.25) is 0 Å². The molecule has 0 unspecified atom stereocenters. The third-order valence-corrected chi connectivity index (χ3v) is 4.32. The number of rotatable bonds is 5. The van der Waals surface area contributed by atoms with Crippen molar-refractivity contribution in [3.8, 4) is 11.5 Å². The summed E-state index contributed by atoms with van der Waals surface area (Å²) in [7, 11) is 1.54. The molecular weight excluding hydrogens is 376 g/mol. The molecule has 7 heteroatoms. The highest BCUT2D eigenvalue weighted by Gasteiger charge is 2.25. The topological polar surface area (TPSA) is 76.7 Å². The summed E-state index contributed by atoms with van der Waals surface area (Å²) in [4.78, 5) is 23.9. The summed E-state index contributed by atoms with van der Waals surface area (Å²) in [5.74, 6) is -0.000808. The standard InChI is InChI=1S/C21H20N2O4S/c1-12-6-13(2)8-15(7-12)11-27-17-5-4-14(10-18(17)26-3)9-16-19(24)22-21(28)23-20(16)25/h4-10H,11H2,1-3H3,(H2,22,23,24,25,28). The van der Waals surface area contributed by atoms with Crippen LogP contribution < -0.4 is 20.1 Å². The summed E-state index contributed by atoms with van der Waals surface area (Å²) in [5.41, 5.74) is 4.02. The molecular formula is C21H20N2O4S. The van der Waals surface area contributed by atoms with Gasteiger partial charge >= 0.3 is 0 Å². The summed E-state index contributed by atoms with van der Waals surface area (Å²) < 4.78 is 11.3. The molecule has 3 rings (SSSR count). The van der Waals surface area contributed by atoms with E-state index in [1.807, 2.05) is 13.8 Å². The van der Waals surface area contributed by atoms with Gasteiger partial charge in [-0.25, -0.2) is 0 Å². The molecule has 2 N–H and O–H groups in total. The fraction of sp³-hybridized carbons (Fsp3) is 0.190. The van der Waals surface area contributed by atoms with Gasteiger partial charge in [0.1, 0.15) is 12.2 Å². The van der Waals surface area contributed by atoms with Crippen LogP contribution in [0.25, 0.3) is 6.08 Å². The SMILES string of the molecule is COc1cc(C=C2C(=O)NC(=S)NC2=O)ccc1OCc1cc(C)cc(C)c1. The van der Waals surface area contributed by atoms with E-state index in [1.54, 1.807) is 18.2 Å². The van der Waals surface area contributed by atoms with Crippen LogP contribution in [0.3, 0.4) is 0 Å². The van der Waals surface area contributed by atoms with E-state index in [0.717, 1.165) is 5.56 Å². The van der Waals surface area contributed by atoms with Gasteiger partial charge < -0.3 is 9.47 Å². The lowest BCUT2D eigenvalue weighted by atomic mass is 10.1. The maximum absolute atomic E-state index is 12.0. The van der Waals surface area contributed by atoms with E-state index in [2.05, 4.69) is 28.8 Å². The normalized spacial score (nSPS) is 13.7. The van der Waals surface area contributed by atoms with Crippen LogP contribution in [0.5, 0.6) is 11.5 Å². The molecule has 0 radical (unpaired) electrons. The summed E-state index contributed by atoms with van der Waals surface area (Å²) in [5, 5.41) is 4.81. The zero-order valence-corrected chi connectivity index (χ0v) is 16.6. The Labute approximate surface area is 168 Å². The van der Waals surface area contributed by atoms with Crippen LogP contribution in [0.4, 0.5) is 0 Å². The number of hydrogen-bond donors (Lipinski definition) is 2. The first-order valence-corrected chi connectivity index (χ1v) is 9.03. The van der Waals surface area contributed by atoms with Crippen molar-refractivity contribution in [3.05, 3.63) is 64.2 Å². The van der Waals surface area contributed by atoms with Crippen molar-refractivity contribution in [2.45, 2.75) is 20.5 Å². The molecule has 28 heavy (non-hydrogen) atoms. The van der Waals surface area contributed by atoms with Crippen molar-refractivity contribution in [2.75, 3.05) is 7.11 Å². The Morgan fingerprint density at radius 1 is 0.964 bits per heavy atom. The van der Waals surface area contributed by atoms with Crippen LogP contribution in [-0.2, 0) is 16.2 Å². The first-order chi connectivity index (χ1) is 13.4. The number of methoxy groups -OCH3 is 1. The van der Waals surface area contributed by atoms with Crippen LogP contribution in [0.15, 0.2) is 42.0 Å². The van der Waals surface area contributed by atoms with Crippen LogP contribution in [-0.4, -0.2) is 24.0 Å². The summed E-state index contributed by atoms with van der Waals surface area (Å²) >= 11 is 4.79. The number of carbonyl (C=O) groups excluding carboxylic acids is 2. The minimum absolute atomic E-state index is 0.000126. The van der Waals surface area contributed by atoms with E-state index in [0.29, 0.717) is 23.7 Å². The Hall–Kier alpha value is -3.19. The highest BCUT2D eigenvalue weighted by Crippen LogP contribution is 2.30. The van der Waals surface area contributed by atoms with Gasteiger partial charge in [0, 0.05) is 0 Å². The maximum Gasteiger partial charge on any atom is 0.263 e. The van der Waals surface area contributed by atoms with E-state index in [1.165, 1.54) is 24.3 Å². The zero-order valence-electron chi connectivity index (χ0n) is 15.8. The monoisotopic (exact) mass is 396 g/mol. The molecule has 0 saturated carbocycles. The zero-order chi connectivity index (χ0) is 20.3. The number of amides is 2. The van der Waals surface area contributed by atoms with E-state index in [4.69, 9.17) is 21.7 Å². The number of benzene rings is 2. The van der Waals surface area contributed by atoms with Gasteiger partial charge in [0.05, 0.1) is 7.11 Å². The molecule has 144 valence electrons. The predicted molar refractivity (Wildman–Crippen MR) is 110 cm³/mol. The van der Waals surface area contributed by atoms with Crippen molar-refractivity contribution in [1.82, 2.24) is 10.6 Å². The Morgan fingerprint density at radius 2 is 1.61 bits per heavy atom. The number of aryl methyl sites for hydroxylation is 2. The average Bonchev–Trinajstić information content (AvgIpc) is 2.62. The molecule has 1 aliphatic rings. The van der Waals surface area contributed by atoms with Gasteiger partial charge in [0.2, 0.25) is 0 Å². The largest absolute Gasteiger partial charge is 0.493 e. The highest BCUT2D eigenvalue weighted by atomic mass is 32.1. The minimum Gasteiger partial charge on any atom is -0.493 e. The van der Waals surface area contributed by atoms with E-state index >= 15 is 0 Å². The Kier molecular flexibility index (Phi) is 5.75. The molecule has 6 nitrogen and oxygen atoms in total. The second kappa shape index (κ2) is 8.22. The number of hydrogen-bond acceptors (Lipinski definition) is 5.